The number of halogens is 1. The number of nitrogens with zero attached hydrogens (tertiary/aromatic N) is 2. The van der Waals surface area contributed by atoms with Crippen molar-refractivity contribution in [3.05, 3.63) is 67.8 Å². The Labute approximate surface area is 154 Å². The van der Waals surface area contributed by atoms with Crippen LogP contribution in [0.15, 0.2) is 45.8 Å². The third-order valence-electron chi connectivity index (χ3n) is 3.26. The van der Waals surface area contributed by atoms with Crippen LogP contribution in [0.3, 0.4) is 0 Å². The largest absolute Gasteiger partial charge is 0.508 e. The van der Waals surface area contributed by atoms with Crippen LogP contribution in [-0.2, 0) is 23.6 Å². The molecule has 0 aliphatic heterocycles. The molecular weight excluding hydrogens is 382 g/mol. The minimum absolute atomic E-state index is 0.0372. The molecule has 2 rings (SSSR count). The highest BCUT2D eigenvalue weighted by Crippen LogP contribution is 2.17. The predicted molar refractivity (Wildman–Crippen MR) is 98.7 cm³/mol. The molecule has 0 spiro atoms. The van der Waals surface area contributed by atoms with Gasteiger partial charge in [0.05, 0.1) is 6.54 Å². The van der Waals surface area contributed by atoms with Crippen molar-refractivity contribution in [2.45, 2.75) is 6.54 Å². The lowest BCUT2D eigenvalue weighted by Gasteiger charge is -2.12. The van der Waals surface area contributed by atoms with E-state index in [0.29, 0.717) is 15.5 Å². The van der Waals surface area contributed by atoms with E-state index < -0.39 is 32.1 Å². The number of nitrogens with one attached hydrogen (secondary N) is 1. The van der Waals surface area contributed by atoms with Crippen LogP contribution in [0.1, 0.15) is 5.56 Å². The Hall–Kier alpha value is -2.96. The van der Waals surface area contributed by atoms with Gasteiger partial charge >= 0.3 is 5.69 Å². The molecule has 0 saturated carbocycles. The monoisotopic (exact) mass is 395 g/mol. The number of rotatable bonds is 4. The molecule has 8 nitrogen and oxygen atoms in total. The molecule has 0 amide bonds. The summed E-state index contributed by atoms with van der Waals surface area (Å²) >= 11 is 6.04. The normalized spacial score (nSPS) is 10.7. The lowest BCUT2D eigenvalue weighted by Crippen LogP contribution is -2.40. The summed E-state index contributed by atoms with van der Waals surface area (Å²) in [5, 5.41) is 9.61. The zero-order chi connectivity index (χ0) is 19.5. The van der Waals surface area contributed by atoms with Gasteiger partial charge < -0.3 is 5.11 Å². The summed E-state index contributed by atoms with van der Waals surface area (Å²) < 4.78 is 26.9. The van der Waals surface area contributed by atoms with Gasteiger partial charge in [-0.3, -0.25) is 18.7 Å². The Bertz CT molecular complexity index is 1150. The molecular formula is C16H14ClN3O5S. The lowest BCUT2D eigenvalue weighted by atomic mass is 10.2. The Balaban J connectivity index is 2.50. The highest BCUT2D eigenvalue weighted by Gasteiger charge is 2.19. The molecule has 10 heteroatoms. The topological polar surface area (TPSA) is 110 Å². The van der Waals surface area contributed by atoms with Crippen LogP contribution in [0.2, 0.25) is 5.15 Å². The van der Waals surface area contributed by atoms with Gasteiger partial charge in [-0.25, -0.2) is 13.2 Å². The van der Waals surface area contributed by atoms with Gasteiger partial charge in [0, 0.05) is 18.0 Å². The van der Waals surface area contributed by atoms with Crippen molar-refractivity contribution in [2.24, 2.45) is 7.05 Å². The number of anilines is 1. The molecule has 0 aliphatic carbocycles. The quantitative estimate of drug-likeness (QED) is 0.588. The molecule has 0 atom stereocenters. The molecule has 0 radical (unpaired) electrons. The van der Waals surface area contributed by atoms with Gasteiger partial charge in [-0.15, -0.1) is 0 Å². The second-order valence-corrected chi connectivity index (χ2v) is 7.05. The Morgan fingerprint density at radius 1 is 1.38 bits per heavy atom. The highest BCUT2D eigenvalue weighted by molar-refractivity contribution is 7.95. The van der Waals surface area contributed by atoms with Crippen LogP contribution in [-0.4, -0.2) is 22.7 Å². The number of aromatic hydroxyl groups is 1. The van der Waals surface area contributed by atoms with Crippen molar-refractivity contribution in [1.82, 2.24) is 9.13 Å². The number of hydrogen-bond donors (Lipinski definition) is 2. The first-order valence-electron chi connectivity index (χ1n) is 7.09. The van der Waals surface area contributed by atoms with Crippen molar-refractivity contribution >= 4 is 27.3 Å². The van der Waals surface area contributed by atoms with Gasteiger partial charge in [0.1, 0.15) is 10.9 Å². The van der Waals surface area contributed by atoms with Crippen LogP contribution in [0, 0.1) is 11.8 Å². The average molecular weight is 396 g/mol. The van der Waals surface area contributed by atoms with Crippen LogP contribution in [0.25, 0.3) is 0 Å². The number of hydrogen-bond acceptors (Lipinski definition) is 5. The van der Waals surface area contributed by atoms with E-state index in [9.17, 15) is 23.1 Å². The van der Waals surface area contributed by atoms with Gasteiger partial charge in [0.15, 0.2) is 5.69 Å². The zero-order valence-electron chi connectivity index (χ0n) is 13.6. The molecule has 0 bridgehead atoms. The van der Waals surface area contributed by atoms with E-state index in [0.717, 1.165) is 4.57 Å². The smallest absolute Gasteiger partial charge is 0.332 e. The summed E-state index contributed by atoms with van der Waals surface area (Å²) in [5.41, 5.74) is -1.63. The van der Waals surface area contributed by atoms with Gasteiger partial charge in [-0.2, -0.15) is 0 Å². The standard InChI is InChI=1S/C16H14ClN3O5S/c1-3-26(24,25)18-13-14(17)20(16(23)19(2)15(13)22)9-5-7-11-6-4-8-12(21)10-11/h3-4,6,8,10,18,21H,1,9H2,2H3. The lowest BCUT2D eigenvalue weighted by molar-refractivity contribution is 0.475. The molecule has 1 aromatic heterocycles. The van der Waals surface area contributed by atoms with Crippen molar-refractivity contribution in [2.75, 3.05) is 4.72 Å². The number of benzene rings is 1. The fourth-order valence-corrected chi connectivity index (χ4v) is 2.82. The first-order valence-corrected chi connectivity index (χ1v) is 9.01. The Morgan fingerprint density at radius 2 is 2.08 bits per heavy atom. The molecule has 2 aromatic rings. The maximum Gasteiger partial charge on any atom is 0.332 e. The average Bonchev–Trinajstić information content (AvgIpc) is 2.60. The van der Waals surface area contributed by atoms with E-state index in [1.54, 1.807) is 12.1 Å². The van der Waals surface area contributed by atoms with Crippen LogP contribution >= 0.6 is 11.6 Å². The second-order valence-electron chi connectivity index (χ2n) is 5.06. The van der Waals surface area contributed by atoms with Gasteiger partial charge in [0.25, 0.3) is 15.6 Å². The van der Waals surface area contributed by atoms with E-state index in [-0.39, 0.29) is 12.3 Å². The SMILES string of the molecule is C=CS(=O)(=O)Nc1c(Cl)n(CC#Cc2cccc(O)c2)c(=O)n(C)c1=O. The summed E-state index contributed by atoms with van der Waals surface area (Å²) in [5.74, 6) is 5.45. The molecule has 136 valence electrons. The Morgan fingerprint density at radius 3 is 2.69 bits per heavy atom. The van der Waals surface area contributed by atoms with E-state index in [4.69, 9.17) is 11.6 Å². The molecule has 0 unspecified atom stereocenters. The van der Waals surface area contributed by atoms with Gasteiger partial charge in [0.2, 0.25) is 0 Å². The Kier molecular flexibility index (Phi) is 5.59. The molecule has 0 fully saturated rings. The summed E-state index contributed by atoms with van der Waals surface area (Å²) in [6, 6.07) is 6.17. The third kappa shape index (κ3) is 4.17. The van der Waals surface area contributed by atoms with Crippen LogP contribution in [0.4, 0.5) is 5.69 Å². The van der Waals surface area contributed by atoms with Crippen molar-refractivity contribution in [3.63, 3.8) is 0 Å². The minimum Gasteiger partial charge on any atom is -0.508 e. The third-order valence-corrected chi connectivity index (χ3v) is 4.58. The number of sulfonamides is 1. The highest BCUT2D eigenvalue weighted by atomic mass is 35.5. The van der Waals surface area contributed by atoms with Crippen LogP contribution in [0.5, 0.6) is 5.75 Å². The van der Waals surface area contributed by atoms with E-state index >= 15 is 0 Å². The summed E-state index contributed by atoms with van der Waals surface area (Å²) in [4.78, 5) is 24.4. The van der Waals surface area contributed by atoms with Crippen molar-refractivity contribution in [1.29, 1.82) is 0 Å². The van der Waals surface area contributed by atoms with Gasteiger partial charge in [-0.05, 0) is 18.2 Å². The molecule has 2 N–H and O–H groups in total. The molecule has 1 aromatic carbocycles. The number of phenols is 1. The van der Waals surface area contributed by atoms with Crippen LogP contribution < -0.4 is 16.0 Å². The number of aromatic nitrogens is 2. The van der Waals surface area contributed by atoms with E-state index in [2.05, 4.69) is 18.4 Å². The van der Waals surface area contributed by atoms with E-state index in [1.807, 2.05) is 4.72 Å². The predicted octanol–water partition coefficient (Wildman–Crippen LogP) is 0.843. The van der Waals surface area contributed by atoms with Crippen molar-refractivity contribution < 1.29 is 13.5 Å². The van der Waals surface area contributed by atoms with E-state index in [1.165, 1.54) is 19.2 Å². The molecule has 0 saturated heterocycles. The summed E-state index contributed by atoms with van der Waals surface area (Å²) in [6.45, 7) is 2.92. The summed E-state index contributed by atoms with van der Waals surface area (Å²) in [6.07, 6.45) is 0. The minimum atomic E-state index is -4.00. The maximum absolute atomic E-state index is 12.2. The molecule has 26 heavy (non-hydrogen) atoms. The number of phenolic OH excluding ortho intramolecular Hbond substituents is 1. The maximum atomic E-state index is 12.2. The fourth-order valence-electron chi connectivity index (χ4n) is 1.95. The van der Waals surface area contributed by atoms with Crippen molar-refractivity contribution in [3.8, 4) is 17.6 Å². The zero-order valence-corrected chi connectivity index (χ0v) is 15.1. The molecule has 0 aliphatic rings. The fraction of sp³-hybridized carbons (Fsp3) is 0.125. The first kappa shape index (κ1) is 19.4. The first-order chi connectivity index (χ1) is 12.2. The summed E-state index contributed by atoms with van der Waals surface area (Å²) in [7, 11) is -2.81. The molecule has 1 heterocycles. The van der Waals surface area contributed by atoms with Gasteiger partial charge in [-0.1, -0.05) is 36.1 Å². The second kappa shape index (κ2) is 7.51.